The van der Waals surface area contributed by atoms with Gasteiger partial charge in [0.05, 0.1) is 29.5 Å². The number of hydrogen-bond donors (Lipinski definition) is 2. The van der Waals surface area contributed by atoms with Gasteiger partial charge in [-0.2, -0.15) is 10.2 Å². The normalized spacial score (nSPS) is 11.3. The van der Waals surface area contributed by atoms with E-state index in [-0.39, 0.29) is 6.61 Å². The maximum Gasteiger partial charge on any atom is 0.154 e. The molecule has 0 amide bonds. The summed E-state index contributed by atoms with van der Waals surface area (Å²) in [6.07, 6.45) is 5.40. The fourth-order valence-electron chi connectivity index (χ4n) is 3.01. The first-order chi connectivity index (χ1) is 13.5. The van der Waals surface area contributed by atoms with Gasteiger partial charge in [0.15, 0.2) is 5.82 Å². The lowest BCUT2D eigenvalue weighted by molar-refractivity contribution is 0.276. The number of aliphatic hydroxyl groups excluding tert-OH is 1. The van der Waals surface area contributed by atoms with E-state index in [9.17, 15) is 5.11 Å². The molecule has 8 nitrogen and oxygen atoms in total. The second-order valence-corrected chi connectivity index (χ2v) is 6.93. The van der Waals surface area contributed by atoms with Gasteiger partial charge < -0.3 is 10.4 Å². The average Bonchev–Trinajstić information content (AvgIpc) is 3.08. The van der Waals surface area contributed by atoms with E-state index in [1.807, 2.05) is 37.5 Å². The Balaban J connectivity index is 1.69. The second kappa shape index (κ2) is 7.32. The first kappa shape index (κ1) is 18.0. The van der Waals surface area contributed by atoms with Crippen LogP contribution >= 0.6 is 0 Å². The number of aromatic nitrogens is 6. The number of fused-ring (bicyclic) bond motifs is 1. The Morgan fingerprint density at radius 3 is 2.75 bits per heavy atom. The predicted octanol–water partition coefficient (Wildman–Crippen LogP) is 3.18. The number of nitrogens with one attached hydrogen (secondary N) is 1. The van der Waals surface area contributed by atoms with Gasteiger partial charge in [-0.05, 0) is 35.7 Å². The molecule has 0 fully saturated rings. The second-order valence-electron chi connectivity index (χ2n) is 6.93. The number of aryl methyl sites for hydroxylation is 1. The summed E-state index contributed by atoms with van der Waals surface area (Å²) in [7, 11) is 1.82. The molecule has 28 heavy (non-hydrogen) atoms. The fourth-order valence-corrected chi connectivity index (χ4v) is 3.01. The molecule has 0 unspecified atom stereocenters. The van der Waals surface area contributed by atoms with Gasteiger partial charge in [0.2, 0.25) is 0 Å². The molecule has 4 aromatic rings. The molecule has 0 saturated heterocycles. The van der Waals surface area contributed by atoms with Gasteiger partial charge >= 0.3 is 0 Å². The Bertz CT molecular complexity index is 1140. The molecule has 142 valence electrons. The Labute approximate surface area is 162 Å². The van der Waals surface area contributed by atoms with Crippen molar-refractivity contribution < 1.29 is 5.11 Å². The molecule has 2 N–H and O–H groups in total. The van der Waals surface area contributed by atoms with Crippen molar-refractivity contribution in [3.05, 3.63) is 54.1 Å². The summed E-state index contributed by atoms with van der Waals surface area (Å²) >= 11 is 0. The molecule has 0 aliphatic heterocycles. The van der Waals surface area contributed by atoms with E-state index in [1.54, 1.807) is 17.1 Å². The van der Waals surface area contributed by atoms with Crippen LogP contribution in [0.2, 0.25) is 0 Å². The van der Waals surface area contributed by atoms with Crippen LogP contribution in [-0.4, -0.2) is 35.1 Å². The maximum absolute atomic E-state index is 9.54. The average molecular weight is 375 g/mol. The summed E-state index contributed by atoms with van der Waals surface area (Å²) in [5.41, 5.74) is 4.94. The van der Waals surface area contributed by atoms with Crippen LogP contribution in [0.5, 0.6) is 0 Å². The van der Waals surface area contributed by atoms with Crippen molar-refractivity contribution in [3.63, 3.8) is 0 Å². The van der Waals surface area contributed by atoms with Gasteiger partial charge in [-0.3, -0.25) is 9.67 Å². The van der Waals surface area contributed by atoms with Crippen molar-refractivity contribution in [2.45, 2.75) is 26.4 Å². The number of hydrogen-bond acceptors (Lipinski definition) is 7. The van der Waals surface area contributed by atoms with Gasteiger partial charge in [-0.15, -0.1) is 5.10 Å². The zero-order valence-corrected chi connectivity index (χ0v) is 16.0. The molecule has 4 aromatic heterocycles. The van der Waals surface area contributed by atoms with E-state index in [0.717, 1.165) is 27.7 Å². The van der Waals surface area contributed by atoms with Crippen LogP contribution in [0.15, 0.2) is 42.9 Å². The van der Waals surface area contributed by atoms with E-state index < -0.39 is 0 Å². The molecule has 0 radical (unpaired) electrons. The minimum Gasteiger partial charge on any atom is -0.390 e. The fraction of sp³-hybridized carbons (Fsp3) is 0.250. The number of rotatable bonds is 5. The maximum atomic E-state index is 9.54. The molecule has 0 aromatic carbocycles. The van der Waals surface area contributed by atoms with Crippen molar-refractivity contribution in [3.8, 4) is 11.1 Å². The highest BCUT2D eigenvalue weighted by atomic mass is 16.3. The smallest absolute Gasteiger partial charge is 0.154 e. The molecular weight excluding hydrogens is 354 g/mol. The summed E-state index contributed by atoms with van der Waals surface area (Å²) < 4.78 is 1.68. The number of nitrogens with zero attached hydrogens (tertiary/aromatic N) is 6. The third kappa shape index (κ3) is 3.54. The molecule has 0 atom stereocenters. The van der Waals surface area contributed by atoms with Gasteiger partial charge in [0.25, 0.3) is 0 Å². The van der Waals surface area contributed by atoms with Crippen LogP contribution in [-0.2, 0) is 13.7 Å². The van der Waals surface area contributed by atoms with E-state index in [2.05, 4.69) is 44.4 Å². The summed E-state index contributed by atoms with van der Waals surface area (Å²) in [6, 6.07) is 7.69. The molecular formula is C20H21N7O. The highest BCUT2D eigenvalue weighted by molar-refractivity contribution is 5.82. The van der Waals surface area contributed by atoms with Crippen LogP contribution in [0, 0.1) is 0 Å². The van der Waals surface area contributed by atoms with Crippen molar-refractivity contribution in [2.24, 2.45) is 7.05 Å². The summed E-state index contributed by atoms with van der Waals surface area (Å²) in [5, 5.41) is 25.2. The molecule has 0 aliphatic rings. The van der Waals surface area contributed by atoms with Crippen LogP contribution in [0.4, 0.5) is 11.6 Å². The molecule has 0 aliphatic carbocycles. The first-order valence-electron chi connectivity index (χ1n) is 9.03. The first-order valence-corrected chi connectivity index (χ1v) is 9.03. The third-order valence-electron chi connectivity index (χ3n) is 4.50. The van der Waals surface area contributed by atoms with Crippen LogP contribution < -0.4 is 5.32 Å². The molecule has 4 heterocycles. The predicted molar refractivity (Wildman–Crippen MR) is 107 cm³/mol. The van der Waals surface area contributed by atoms with E-state index in [0.29, 0.717) is 23.2 Å². The quantitative estimate of drug-likeness (QED) is 0.552. The molecule has 0 saturated carbocycles. The molecule has 0 spiro atoms. The standard InChI is InChI=1S/C20H21N7O/c1-12(2)13-7-20(25-22-9-13)24-19-5-4-16-17(23-19)6-14(8-21-16)15-10-27(3)26-18(15)11-28/h4-10,12,28H,11H2,1-3H3,(H,23,24,25). The summed E-state index contributed by atoms with van der Waals surface area (Å²) in [6.45, 7) is 4.09. The Kier molecular flexibility index (Phi) is 4.70. The van der Waals surface area contributed by atoms with E-state index >= 15 is 0 Å². The Morgan fingerprint density at radius 2 is 1.96 bits per heavy atom. The van der Waals surface area contributed by atoms with Gasteiger partial charge in [0.1, 0.15) is 5.82 Å². The van der Waals surface area contributed by atoms with Crippen LogP contribution in [0.1, 0.15) is 31.0 Å². The number of pyridine rings is 2. The lowest BCUT2D eigenvalue weighted by Crippen LogP contribution is -2.00. The Morgan fingerprint density at radius 1 is 1.11 bits per heavy atom. The van der Waals surface area contributed by atoms with E-state index in [4.69, 9.17) is 0 Å². The highest BCUT2D eigenvalue weighted by Gasteiger charge is 2.11. The molecule has 4 rings (SSSR count). The summed E-state index contributed by atoms with van der Waals surface area (Å²) in [5.74, 6) is 1.68. The number of aliphatic hydroxyl groups is 1. The van der Waals surface area contributed by atoms with Crippen molar-refractivity contribution in [1.29, 1.82) is 0 Å². The van der Waals surface area contributed by atoms with Crippen molar-refractivity contribution in [2.75, 3.05) is 5.32 Å². The minimum absolute atomic E-state index is 0.131. The zero-order chi connectivity index (χ0) is 19.7. The van der Waals surface area contributed by atoms with Crippen LogP contribution in [0.3, 0.4) is 0 Å². The van der Waals surface area contributed by atoms with Crippen molar-refractivity contribution >= 4 is 22.7 Å². The monoisotopic (exact) mass is 375 g/mol. The SMILES string of the molecule is CC(C)c1cnnc(Nc2ccc3ncc(-c4cn(C)nc4CO)cc3n2)c1. The lowest BCUT2D eigenvalue weighted by Gasteiger charge is -2.09. The lowest BCUT2D eigenvalue weighted by atomic mass is 10.1. The summed E-state index contributed by atoms with van der Waals surface area (Å²) in [4.78, 5) is 9.15. The van der Waals surface area contributed by atoms with Gasteiger partial charge in [0, 0.05) is 30.6 Å². The molecule has 0 bridgehead atoms. The topological polar surface area (TPSA) is 102 Å². The largest absolute Gasteiger partial charge is 0.390 e. The van der Waals surface area contributed by atoms with Gasteiger partial charge in [-0.1, -0.05) is 13.8 Å². The minimum atomic E-state index is -0.131. The number of anilines is 2. The highest BCUT2D eigenvalue weighted by Crippen LogP contribution is 2.26. The van der Waals surface area contributed by atoms with Crippen molar-refractivity contribution in [1.82, 2.24) is 29.9 Å². The van der Waals surface area contributed by atoms with E-state index in [1.165, 1.54) is 0 Å². The third-order valence-corrected chi connectivity index (χ3v) is 4.50. The Hall–Kier alpha value is -3.39. The molecule has 8 heteroatoms. The van der Waals surface area contributed by atoms with Crippen LogP contribution in [0.25, 0.3) is 22.2 Å². The zero-order valence-electron chi connectivity index (χ0n) is 16.0. The van der Waals surface area contributed by atoms with Gasteiger partial charge in [-0.25, -0.2) is 4.98 Å².